The second-order valence-electron chi connectivity index (χ2n) is 10.7. The van der Waals surface area contributed by atoms with E-state index < -0.39 is 30.7 Å². The molecule has 9 heteroatoms. The van der Waals surface area contributed by atoms with Gasteiger partial charge in [-0.1, -0.05) is 91.0 Å². The normalized spacial score (nSPS) is 24.9. The highest BCUT2D eigenvalue weighted by molar-refractivity contribution is 5.16. The fourth-order valence-electron chi connectivity index (χ4n) is 5.43. The van der Waals surface area contributed by atoms with Crippen LogP contribution in [0, 0.1) is 0 Å². The van der Waals surface area contributed by atoms with Crippen molar-refractivity contribution in [2.75, 3.05) is 20.3 Å². The van der Waals surface area contributed by atoms with Crippen LogP contribution in [0.25, 0.3) is 0 Å². The van der Waals surface area contributed by atoms with Crippen molar-refractivity contribution < 1.29 is 33.2 Å². The fraction of sp³-hybridized carbons (Fsp3) is 0.382. The Hall–Kier alpha value is -3.57. The molecule has 4 aromatic rings. The second-order valence-corrected chi connectivity index (χ2v) is 10.7. The second kappa shape index (κ2) is 14.7. The van der Waals surface area contributed by atoms with Crippen molar-refractivity contribution in [2.24, 2.45) is 0 Å². The van der Waals surface area contributed by atoms with E-state index in [1.807, 2.05) is 102 Å². The van der Waals surface area contributed by atoms with Gasteiger partial charge in [-0.2, -0.15) is 0 Å². The number of methoxy groups -OCH3 is 1. The molecule has 0 amide bonds. The highest BCUT2D eigenvalue weighted by Crippen LogP contribution is 2.31. The van der Waals surface area contributed by atoms with Crippen LogP contribution in [0.3, 0.4) is 0 Å². The largest absolute Gasteiger partial charge is 0.457 e. The lowest BCUT2D eigenvalue weighted by Gasteiger charge is -2.45. The minimum absolute atomic E-state index is 0.124. The summed E-state index contributed by atoms with van der Waals surface area (Å²) < 4.78 is 46.1. The monoisotopic (exact) mass is 586 g/mol. The minimum Gasteiger partial charge on any atom is -0.457 e. The minimum atomic E-state index is -0.692. The first-order chi connectivity index (χ1) is 21.3. The number of ether oxygens (including phenoxy) is 7. The maximum atomic E-state index is 6.64. The summed E-state index contributed by atoms with van der Waals surface area (Å²) >= 11 is 0. The molecule has 0 spiro atoms. The molecule has 6 rings (SSSR count). The predicted octanol–water partition coefficient (Wildman–Crippen LogP) is 4.79. The van der Waals surface area contributed by atoms with Crippen LogP contribution in [0.15, 0.2) is 103 Å². The summed E-state index contributed by atoms with van der Waals surface area (Å²) in [6, 6.07) is 30.8. The van der Waals surface area contributed by atoms with Gasteiger partial charge in [0.15, 0.2) is 6.29 Å². The number of fused-ring (bicyclic) bond motifs is 1. The maximum Gasteiger partial charge on any atom is 0.296 e. The summed E-state index contributed by atoms with van der Waals surface area (Å²) in [5.74, 6) is 0. The van der Waals surface area contributed by atoms with Gasteiger partial charge < -0.3 is 33.2 Å². The third-order valence-corrected chi connectivity index (χ3v) is 7.61. The summed E-state index contributed by atoms with van der Waals surface area (Å²) in [6.07, 6.45) is 0.770. The van der Waals surface area contributed by atoms with E-state index in [1.54, 1.807) is 13.3 Å². The summed E-state index contributed by atoms with van der Waals surface area (Å²) in [5.41, 5.74) is 3.14. The van der Waals surface area contributed by atoms with Crippen LogP contribution in [-0.4, -0.2) is 66.7 Å². The molecule has 1 fully saturated rings. The van der Waals surface area contributed by atoms with Crippen molar-refractivity contribution in [1.29, 1.82) is 0 Å². The van der Waals surface area contributed by atoms with Gasteiger partial charge in [0, 0.05) is 19.5 Å². The van der Waals surface area contributed by atoms with Crippen molar-refractivity contribution >= 4 is 0 Å². The molecule has 0 aliphatic carbocycles. The molecule has 9 nitrogen and oxygen atoms in total. The van der Waals surface area contributed by atoms with Crippen LogP contribution in [0.5, 0.6) is 6.01 Å². The molecule has 2 aliphatic rings. The standard InChI is InChI=1S/C34H38N2O7/c1-37-33-32(41-22-27-15-9-4-10-16-27)31(40-21-26-13-7-3-8-14-26)30(39-20-25-11-5-2-6-12-25)29(43-33)24-38-23-28-19-36-18-17-35-34(36)42-28/h2-18,28-33H,19-24H2,1H3/t28?,29-,30-,31+,32-,33?/m1/s1. The molecule has 0 N–H and O–H groups in total. The number of rotatable bonds is 14. The van der Waals surface area contributed by atoms with E-state index >= 15 is 0 Å². The molecule has 0 bridgehead atoms. The lowest BCUT2D eigenvalue weighted by molar-refractivity contribution is -0.323. The lowest BCUT2D eigenvalue weighted by atomic mass is 9.97. The Morgan fingerprint density at radius 1 is 0.721 bits per heavy atom. The molecule has 2 unspecified atom stereocenters. The van der Waals surface area contributed by atoms with Crippen LogP contribution >= 0.6 is 0 Å². The molecule has 0 saturated carbocycles. The lowest BCUT2D eigenvalue weighted by Crippen LogP contribution is -2.61. The number of benzene rings is 3. The van der Waals surface area contributed by atoms with Crippen molar-refractivity contribution in [3.05, 3.63) is 120 Å². The number of hydrogen-bond acceptors (Lipinski definition) is 8. The van der Waals surface area contributed by atoms with E-state index in [1.165, 1.54) is 0 Å². The quantitative estimate of drug-likeness (QED) is 0.209. The van der Waals surface area contributed by atoms with E-state index in [4.69, 9.17) is 33.2 Å². The molecular formula is C34H38N2O7. The van der Waals surface area contributed by atoms with Crippen molar-refractivity contribution in [2.45, 2.75) is 63.2 Å². The first kappa shape index (κ1) is 29.5. The van der Waals surface area contributed by atoms with E-state index in [-0.39, 0.29) is 12.7 Å². The molecule has 3 aromatic carbocycles. The zero-order valence-corrected chi connectivity index (χ0v) is 24.3. The number of hydrogen-bond donors (Lipinski definition) is 0. The molecular weight excluding hydrogens is 548 g/mol. The first-order valence-corrected chi connectivity index (χ1v) is 14.7. The summed E-state index contributed by atoms with van der Waals surface area (Å²) in [6.45, 7) is 2.47. The Labute approximate surface area is 252 Å². The number of nitrogens with zero attached hydrogens (tertiary/aromatic N) is 2. The summed E-state index contributed by atoms with van der Waals surface area (Å²) in [7, 11) is 1.62. The van der Waals surface area contributed by atoms with Gasteiger partial charge in [0.2, 0.25) is 0 Å². The zero-order chi connectivity index (χ0) is 29.3. The molecule has 3 heterocycles. The Morgan fingerprint density at radius 2 is 1.28 bits per heavy atom. The van der Waals surface area contributed by atoms with E-state index in [0.717, 1.165) is 16.7 Å². The van der Waals surface area contributed by atoms with Gasteiger partial charge in [0.05, 0.1) is 39.6 Å². The van der Waals surface area contributed by atoms with Gasteiger partial charge in [-0.05, 0) is 16.7 Å². The van der Waals surface area contributed by atoms with Crippen LogP contribution < -0.4 is 4.74 Å². The van der Waals surface area contributed by atoms with Gasteiger partial charge in [-0.25, -0.2) is 4.98 Å². The zero-order valence-electron chi connectivity index (χ0n) is 24.3. The third kappa shape index (κ3) is 7.69. The van der Waals surface area contributed by atoms with Crippen LogP contribution in [0.4, 0.5) is 0 Å². The van der Waals surface area contributed by atoms with Crippen LogP contribution in [-0.2, 0) is 54.8 Å². The van der Waals surface area contributed by atoms with Gasteiger partial charge in [0.1, 0.15) is 30.5 Å². The van der Waals surface area contributed by atoms with Gasteiger partial charge >= 0.3 is 0 Å². The smallest absolute Gasteiger partial charge is 0.296 e. The molecule has 1 aromatic heterocycles. The van der Waals surface area contributed by atoms with Crippen LogP contribution in [0.1, 0.15) is 16.7 Å². The summed E-state index contributed by atoms with van der Waals surface area (Å²) in [4.78, 5) is 4.23. The maximum absolute atomic E-state index is 6.64. The fourth-order valence-corrected chi connectivity index (χ4v) is 5.43. The van der Waals surface area contributed by atoms with Gasteiger partial charge in [0.25, 0.3) is 6.01 Å². The topological polar surface area (TPSA) is 82.4 Å². The molecule has 226 valence electrons. The SMILES string of the molecule is COC1O[C@H](COCC2Cn3ccnc3O2)[C@@H](OCc2ccccc2)[C@H](OCc2ccccc2)[C@H]1OCc1ccccc1. The molecule has 2 aliphatic heterocycles. The average molecular weight is 587 g/mol. The van der Waals surface area contributed by atoms with E-state index in [9.17, 15) is 0 Å². The van der Waals surface area contributed by atoms with Crippen molar-refractivity contribution in [3.63, 3.8) is 0 Å². The average Bonchev–Trinajstić information content (AvgIpc) is 3.66. The third-order valence-electron chi connectivity index (χ3n) is 7.61. The molecule has 1 saturated heterocycles. The van der Waals surface area contributed by atoms with Gasteiger partial charge in [-0.15, -0.1) is 0 Å². The first-order valence-electron chi connectivity index (χ1n) is 14.7. The van der Waals surface area contributed by atoms with E-state index in [0.29, 0.717) is 39.0 Å². The Balaban J connectivity index is 1.21. The van der Waals surface area contributed by atoms with E-state index in [2.05, 4.69) is 4.98 Å². The van der Waals surface area contributed by atoms with Crippen molar-refractivity contribution in [1.82, 2.24) is 9.55 Å². The highest BCUT2D eigenvalue weighted by atomic mass is 16.7. The highest BCUT2D eigenvalue weighted by Gasteiger charge is 2.49. The Morgan fingerprint density at radius 3 is 1.84 bits per heavy atom. The summed E-state index contributed by atoms with van der Waals surface area (Å²) in [5, 5.41) is 0. The van der Waals surface area contributed by atoms with Gasteiger partial charge in [-0.3, -0.25) is 4.57 Å². The molecule has 0 radical (unpaired) electrons. The Bertz CT molecular complexity index is 1350. The van der Waals surface area contributed by atoms with Crippen LogP contribution in [0.2, 0.25) is 0 Å². The number of aromatic nitrogens is 2. The van der Waals surface area contributed by atoms with Crippen molar-refractivity contribution in [3.8, 4) is 6.01 Å². The molecule has 6 atom stereocenters. The Kier molecular flexibility index (Phi) is 10.1. The predicted molar refractivity (Wildman–Crippen MR) is 158 cm³/mol. The molecule has 43 heavy (non-hydrogen) atoms. The number of imidazole rings is 1.